The summed E-state index contributed by atoms with van der Waals surface area (Å²) in [4.78, 5) is 26.6. The molecule has 0 atom stereocenters. The SMILES string of the molecule is Cc1cc(C(=O)N2CCN(CCC(=O)O)CC2)ccc1F. The van der Waals surface area contributed by atoms with Crippen LogP contribution < -0.4 is 0 Å². The molecule has 1 aromatic carbocycles. The van der Waals surface area contributed by atoms with Gasteiger partial charge in [-0.2, -0.15) is 0 Å². The van der Waals surface area contributed by atoms with E-state index in [1.165, 1.54) is 12.1 Å². The number of carbonyl (C=O) groups excluding carboxylic acids is 1. The summed E-state index contributed by atoms with van der Waals surface area (Å²) in [5.41, 5.74) is 0.953. The quantitative estimate of drug-likeness (QED) is 0.911. The van der Waals surface area contributed by atoms with Gasteiger partial charge in [0.05, 0.1) is 6.42 Å². The minimum atomic E-state index is -0.810. The van der Waals surface area contributed by atoms with Gasteiger partial charge in [0.1, 0.15) is 5.82 Å². The van der Waals surface area contributed by atoms with Crippen LogP contribution in [0.2, 0.25) is 0 Å². The predicted molar refractivity (Wildman–Crippen MR) is 75.7 cm³/mol. The Kier molecular flexibility index (Phi) is 4.90. The molecule has 21 heavy (non-hydrogen) atoms. The number of hydrogen-bond donors (Lipinski definition) is 1. The van der Waals surface area contributed by atoms with Gasteiger partial charge in [-0.05, 0) is 30.7 Å². The molecule has 6 heteroatoms. The Morgan fingerprint density at radius 1 is 1.24 bits per heavy atom. The van der Waals surface area contributed by atoms with Crippen LogP contribution in [0.15, 0.2) is 18.2 Å². The second-order valence-electron chi connectivity index (χ2n) is 5.24. The van der Waals surface area contributed by atoms with Crippen LogP contribution in [-0.2, 0) is 4.79 Å². The van der Waals surface area contributed by atoms with Gasteiger partial charge in [-0.3, -0.25) is 14.5 Å². The van der Waals surface area contributed by atoms with Crippen LogP contribution in [0, 0.1) is 12.7 Å². The zero-order chi connectivity index (χ0) is 15.4. The monoisotopic (exact) mass is 294 g/mol. The topological polar surface area (TPSA) is 60.9 Å². The lowest BCUT2D eigenvalue weighted by Crippen LogP contribution is -2.49. The summed E-state index contributed by atoms with van der Waals surface area (Å²) in [7, 11) is 0. The van der Waals surface area contributed by atoms with E-state index >= 15 is 0 Å². The first-order valence-electron chi connectivity index (χ1n) is 6.97. The molecule has 1 aliphatic heterocycles. The van der Waals surface area contributed by atoms with Crippen LogP contribution in [0.1, 0.15) is 22.3 Å². The maximum atomic E-state index is 13.2. The number of carboxylic acid groups (broad SMARTS) is 1. The number of amides is 1. The second kappa shape index (κ2) is 6.67. The van der Waals surface area contributed by atoms with Crippen molar-refractivity contribution in [1.29, 1.82) is 0 Å². The Bertz CT molecular complexity index is 540. The lowest BCUT2D eigenvalue weighted by molar-refractivity contribution is -0.137. The van der Waals surface area contributed by atoms with Gasteiger partial charge in [0.2, 0.25) is 0 Å². The summed E-state index contributed by atoms with van der Waals surface area (Å²) >= 11 is 0. The van der Waals surface area contributed by atoms with E-state index < -0.39 is 5.97 Å². The molecule has 1 N–H and O–H groups in total. The summed E-state index contributed by atoms with van der Waals surface area (Å²) in [6.45, 7) is 4.60. The first kappa shape index (κ1) is 15.4. The number of carbonyl (C=O) groups is 2. The molecule has 0 aromatic heterocycles. The largest absolute Gasteiger partial charge is 0.481 e. The molecule has 1 aliphatic rings. The molecule has 5 nitrogen and oxygen atoms in total. The number of rotatable bonds is 4. The molecule has 0 saturated carbocycles. The van der Waals surface area contributed by atoms with Gasteiger partial charge in [0.25, 0.3) is 5.91 Å². The van der Waals surface area contributed by atoms with Crippen molar-refractivity contribution in [1.82, 2.24) is 9.80 Å². The van der Waals surface area contributed by atoms with E-state index in [4.69, 9.17) is 5.11 Å². The summed E-state index contributed by atoms with van der Waals surface area (Å²) in [6.07, 6.45) is 0.116. The Hall–Kier alpha value is -1.95. The number of hydrogen-bond acceptors (Lipinski definition) is 3. The summed E-state index contributed by atoms with van der Waals surface area (Å²) in [6, 6.07) is 4.38. The minimum absolute atomic E-state index is 0.101. The van der Waals surface area contributed by atoms with Gasteiger partial charge in [-0.25, -0.2) is 4.39 Å². The fourth-order valence-electron chi connectivity index (χ4n) is 2.39. The summed E-state index contributed by atoms with van der Waals surface area (Å²) < 4.78 is 13.2. The molecule has 1 fully saturated rings. The standard InChI is InChI=1S/C15H19FN2O3/c1-11-10-12(2-3-13(11)16)15(21)18-8-6-17(7-9-18)5-4-14(19)20/h2-3,10H,4-9H2,1H3,(H,19,20). The lowest BCUT2D eigenvalue weighted by Gasteiger charge is -2.34. The van der Waals surface area contributed by atoms with Crippen molar-refractivity contribution in [3.8, 4) is 0 Å². The Labute approximate surface area is 123 Å². The van der Waals surface area contributed by atoms with Crippen molar-refractivity contribution in [2.45, 2.75) is 13.3 Å². The highest BCUT2D eigenvalue weighted by Crippen LogP contribution is 2.13. The molecule has 1 heterocycles. The molecular formula is C15H19FN2O3. The number of nitrogens with zero attached hydrogens (tertiary/aromatic N) is 2. The first-order chi connectivity index (χ1) is 9.97. The summed E-state index contributed by atoms with van der Waals surface area (Å²) in [5, 5.41) is 8.66. The number of benzene rings is 1. The Morgan fingerprint density at radius 2 is 1.90 bits per heavy atom. The third-order valence-corrected chi connectivity index (χ3v) is 3.71. The van der Waals surface area contributed by atoms with Gasteiger partial charge >= 0.3 is 5.97 Å². The molecule has 0 bridgehead atoms. The number of carboxylic acids is 1. The van der Waals surface area contributed by atoms with Crippen molar-refractivity contribution in [2.75, 3.05) is 32.7 Å². The van der Waals surface area contributed by atoms with Crippen molar-refractivity contribution in [3.63, 3.8) is 0 Å². The van der Waals surface area contributed by atoms with Crippen LogP contribution in [0.4, 0.5) is 4.39 Å². The van der Waals surface area contributed by atoms with Crippen LogP contribution >= 0.6 is 0 Å². The molecular weight excluding hydrogens is 275 g/mol. The highest BCUT2D eigenvalue weighted by atomic mass is 19.1. The number of halogens is 1. The first-order valence-corrected chi connectivity index (χ1v) is 6.97. The van der Waals surface area contributed by atoms with E-state index in [0.29, 0.717) is 43.9 Å². The molecule has 2 rings (SSSR count). The van der Waals surface area contributed by atoms with E-state index in [2.05, 4.69) is 0 Å². The maximum Gasteiger partial charge on any atom is 0.304 e. The average molecular weight is 294 g/mol. The average Bonchev–Trinajstić information content (AvgIpc) is 2.48. The van der Waals surface area contributed by atoms with E-state index in [0.717, 1.165) is 0 Å². The number of aryl methyl sites for hydroxylation is 1. The molecule has 1 aromatic rings. The second-order valence-corrected chi connectivity index (χ2v) is 5.24. The third kappa shape index (κ3) is 4.01. The normalized spacial score (nSPS) is 16.0. The van der Waals surface area contributed by atoms with Crippen LogP contribution in [-0.4, -0.2) is 59.5 Å². The maximum absolute atomic E-state index is 13.2. The van der Waals surface area contributed by atoms with Gasteiger partial charge in [-0.1, -0.05) is 0 Å². The molecule has 1 saturated heterocycles. The van der Waals surface area contributed by atoms with Crippen molar-refractivity contribution < 1.29 is 19.1 Å². The molecule has 114 valence electrons. The van der Waals surface area contributed by atoms with Gasteiger partial charge in [0, 0.05) is 38.3 Å². The Balaban J connectivity index is 1.90. The van der Waals surface area contributed by atoms with E-state index in [1.54, 1.807) is 17.9 Å². The Morgan fingerprint density at radius 3 is 2.48 bits per heavy atom. The molecule has 1 amide bonds. The van der Waals surface area contributed by atoms with Gasteiger partial charge in [-0.15, -0.1) is 0 Å². The highest BCUT2D eigenvalue weighted by Gasteiger charge is 2.22. The van der Waals surface area contributed by atoms with E-state index in [1.807, 2.05) is 4.90 Å². The van der Waals surface area contributed by atoms with Crippen LogP contribution in [0.25, 0.3) is 0 Å². The number of aliphatic carboxylic acids is 1. The fraction of sp³-hybridized carbons (Fsp3) is 0.467. The van der Waals surface area contributed by atoms with Crippen LogP contribution in [0.5, 0.6) is 0 Å². The highest BCUT2D eigenvalue weighted by molar-refractivity contribution is 5.94. The molecule has 0 aliphatic carbocycles. The van der Waals surface area contributed by atoms with Crippen molar-refractivity contribution >= 4 is 11.9 Å². The smallest absolute Gasteiger partial charge is 0.304 e. The van der Waals surface area contributed by atoms with E-state index in [-0.39, 0.29) is 18.1 Å². The van der Waals surface area contributed by atoms with Crippen molar-refractivity contribution in [2.24, 2.45) is 0 Å². The van der Waals surface area contributed by atoms with Gasteiger partial charge < -0.3 is 10.0 Å². The van der Waals surface area contributed by atoms with Crippen molar-refractivity contribution in [3.05, 3.63) is 35.1 Å². The predicted octanol–water partition coefficient (Wildman–Crippen LogP) is 1.37. The van der Waals surface area contributed by atoms with Crippen LogP contribution in [0.3, 0.4) is 0 Å². The zero-order valence-electron chi connectivity index (χ0n) is 12.0. The number of piperazine rings is 1. The molecule has 0 radical (unpaired) electrons. The summed E-state index contributed by atoms with van der Waals surface area (Å²) in [5.74, 6) is -1.23. The third-order valence-electron chi connectivity index (χ3n) is 3.71. The lowest BCUT2D eigenvalue weighted by atomic mass is 10.1. The minimum Gasteiger partial charge on any atom is -0.481 e. The van der Waals surface area contributed by atoms with E-state index in [9.17, 15) is 14.0 Å². The fourth-order valence-corrected chi connectivity index (χ4v) is 2.39. The van der Waals surface area contributed by atoms with Gasteiger partial charge in [0.15, 0.2) is 0 Å². The molecule has 0 unspecified atom stereocenters. The molecule has 0 spiro atoms. The zero-order valence-corrected chi connectivity index (χ0v) is 12.0.